The Morgan fingerprint density at radius 1 is 1.62 bits per heavy atom. The topological polar surface area (TPSA) is 48.7 Å². The maximum Gasteiger partial charge on any atom is 0.134 e. The second-order valence-electron chi connectivity index (χ2n) is 3.27. The van der Waals surface area contributed by atoms with Gasteiger partial charge in [-0.05, 0) is 18.1 Å². The second kappa shape index (κ2) is 7.20. The lowest BCUT2D eigenvalue weighted by molar-refractivity contribution is 0.926. The molecule has 0 amide bonds. The van der Waals surface area contributed by atoms with Crippen LogP contribution in [0.15, 0.2) is 18.5 Å². The van der Waals surface area contributed by atoms with E-state index in [1.807, 2.05) is 19.3 Å². The third kappa shape index (κ3) is 5.10. The Balaban J connectivity index is 2.29. The molecule has 1 heterocycles. The molecule has 1 aromatic rings. The van der Waals surface area contributed by atoms with Crippen molar-refractivity contribution in [3.8, 4) is 6.07 Å². The highest BCUT2D eigenvalue weighted by atomic mass is 32.2. The number of hydrogen-bond acceptors (Lipinski definition) is 4. The molecule has 3 nitrogen and oxygen atoms in total. The average molecular weight is 251 g/mol. The van der Waals surface area contributed by atoms with Gasteiger partial charge in [-0.3, -0.25) is 4.98 Å². The normalized spacial score (nSPS) is 9.50. The fraction of sp³-hybridized carbons (Fsp3) is 0.364. The van der Waals surface area contributed by atoms with Crippen LogP contribution in [0.3, 0.4) is 0 Å². The van der Waals surface area contributed by atoms with Crippen molar-refractivity contribution >= 4 is 28.3 Å². The minimum atomic E-state index is 0.526. The molecule has 1 N–H and O–H groups in total. The summed E-state index contributed by atoms with van der Waals surface area (Å²) in [5.41, 5.74) is 2.26. The lowest BCUT2D eigenvalue weighted by atomic mass is 10.2. The third-order valence-corrected chi connectivity index (χ3v) is 3.13. The van der Waals surface area contributed by atoms with E-state index in [9.17, 15) is 0 Å². The number of pyridine rings is 1. The fourth-order valence-electron chi connectivity index (χ4n) is 1.13. The van der Waals surface area contributed by atoms with E-state index in [1.54, 1.807) is 0 Å². The summed E-state index contributed by atoms with van der Waals surface area (Å²) in [5.74, 6) is 0.744. The molecule has 0 atom stereocenters. The standard InChI is InChI=1S/C11H13N3S2/c1-9-5-10(7-13-6-9)8-14-11(15)16-4-2-3-12/h5-7H,2,4,8H2,1H3,(H,14,15). The van der Waals surface area contributed by atoms with Gasteiger partial charge in [0.25, 0.3) is 0 Å². The minimum absolute atomic E-state index is 0.526. The Morgan fingerprint density at radius 2 is 2.44 bits per heavy atom. The summed E-state index contributed by atoms with van der Waals surface area (Å²) in [4.78, 5) is 4.10. The van der Waals surface area contributed by atoms with Crippen LogP contribution < -0.4 is 5.32 Å². The van der Waals surface area contributed by atoms with Crippen molar-refractivity contribution in [1.82, 2.24) is 10.3 Å². The van der Waals surface area contributed by atoms with E-state index in [4.69, 9.17) is 17.5 Å². The van der Waals surface area contributed by atoms with Crippen molar-refractivity contribution in [2.45, 2.75) is 19.9 Å². The second-order valence-corrected chi connectivity index (χ2v) is 5.04. The van der Waals surface area contributed by atoms with Crippen LogP contribution in [0.1, 0.15) is 17.5 Å². The molecular formula is C11H13N3S2. The van der Waals surface area contributed by atoms with Crippen molar-refractivity contribution in [2.24, 2.45) is 0 Å². The summed E-state index contributed by atoms with van der Waals surface area (Å²) in [6, 6.07) is 4.16. The number of thioether (sulfide) groups is 1. The molecule has 5 heteroatoms. The Kier molecular flexibility index (Phi) is 5.83. The van der Waals surface area contributed by atoms with Gasteiger partial charge in [0.05, 0.1) is 6.07 Å². The van der Waals surface area contributed by atoms with E-state index >= 15 is 0 Å². The number of aromatic nitrogens is 1. The summed E-state index contributed by atoms with van der Waals surface area (Å²) in [5, 5.41) is 11.5. The van der Waals surface area contributed by atoms with Crippen molar-refractivity contribution in [3.63, 3.8) is 0 Å². The van der Waals surface area contributed by atoms with Gasteiger partial charge >= 0.3 is 0 Å². The first-order valence-electron chi connectivity index (χ1n) is 4.90. The van der Waals surface area contributed by atoms with Crippen LogP contribution in [-0.4, -0.2) is 15.1 Å². The molecular weight excluding hydrogens is 238 g/mol. The fourth-order valence-corrected chi connectivity index (χ4v) is 2.00. The lowest BCUT2D eigenvalue weighted by Crippen LogP contribution is -2.18. The molecule has 0 bridgehead atoms. The first kappa shape index (κ1) is 12.9. The maximum absolute atomic E-state index is 8.38. The van der Waals surface area contributed by atoms with E-state index < -0.39 is 0 Å². The maximum atomic E-state index is 8.38. The van der Waals surface area contributed by atoms with Gasteiger partial charge in [-0.1, -0.05) is 30.0 Å². The quantitative estimate of drug-likeness (QED) is 0.658. The van der Waals surface area contributed by atoms with Crippen molar-refractivity contribution in [1.29, 1.82) is 5.26 Å². The molecule has 16 heavy (non-hydrogen) atoms. The Bertz CT molecular complexity index is 398. The molecule has 0 spiro atoms. The Labute approximate surface area is 105 Å². The molecule has 0 fully saturated rings. The largest absolute Gasteiger partial charge is 0.367 e. The van der Waals surface area contributed by atoms with Gasteiger partial charge in [0.1, 0.15) is 4.32 Å². The molecule has 1 rings (SSSR count). The number of thiocarbonyl (C=S) groups is 1. The zero-order valence-corrected chi connectivity index (χ0v) is 10.7. The van der Waals surface area contributed by atoms with Gasteiger partial charge in [-0.2, -0.15) is 5.26 Å². The highest BCUT2D eigenvalue weighted by Crippen LogP contribution is 2.06. The molecule has 0 saturated carbocycles. The highest BCUT2D eigenvalue weighted by molar-refractivity contribution is 8.22. The van der Waals surface area contributed by atoms with Crippen molar-refractivity contribution < 1.29 is 0 Å². The predicted octanol–water partition coefficient (Wildman–Crippen LogP) is 2.41. The molecule has 0 radical (unpaired) electrons. The Morgan fingerprint density at radius 3 is 3.12 bits per heavy atom. The molecule has 0 aliphatic heterocycles. The molecule has 0 aromatic carbocycles. The zero-order valence-electron chi connectivity index (χ0n) is 9.06. The van der Waals surface area contributed by atoms with E-state index in [-0.39, 0.29) is 0 Å². The van der Waals surface area contributed by atoms with Crippen LogP contribution in [0.4, 0.5) is 0 Å². The first-order valence-corrected chi connectivity index (χ1v) is 6.30. The first-order chi connectivity index (χ1) is 7.72. The summed E-state index contributed by atoms with van der Waals surface area (Å²) < 4.78 is 0.733. The van der Waals surface area contributed by atoms with E-state index in [0.29, 0.717) is 13.0 Å². The van der Waals surface area contributed by atoms with Gasteiger partial charge in [-0.15, -0.1) is 0 Å². The highest BCUT2D eigenvalue weighted by Gasteiger charge is 1.98. The van der Waals surface area contributed by atoms with Crippen molar-refractivity contribution in [3.05, 3.63) is 29.6 Å². The number of nitriles is 1. The minimum Gasteiger partial charge on any atom is -0.367 e. The van der Waals surface area contributed by atoms with Crippen LogP contribution in [0, 0.1) is 18.3 Å². The van der Waals surface area contributed by atoms with Crippen LogP contribution in [0.2, 0.25) is 0 Å². The van der Waals surface area contributed by atoms with Crippen LogP contribution in [0.25, 0.3) is 0 Å². The predicted molar refractivity (Wildman–Crippen MR) is 71.1 cm³/mol. The molecule has 0 aliphatic carbocycles. The summed E-state index contributed by atoms with van der Waals surface area (Å²) in [6.07, 6.45) is 4.17. The van der Waals surface area contributed by atoms with E-state index in [0.717, 1.165) is 21.2 Å². The average Bonchev–Trinajstić information content (AvgIpc) is 2.27. The summed E-state index contributed by atoms with van der Waals surface area (Å²) >= 11 is 6.62. The van der Waals surface area contributed by atoms with Gasteiger partial charge in [-0.25, -0.2) is 0 Å². The van der Waals surface area contributed by atoms with Gasteiger partial charge in [0.15, 0.2) is 0 Å². The van der Waals surface area contributed by atoms with Gasteiger partial charge in [0, 0.05) is 31.1 Å². The SMILES string of the molecule is Cc1cncc(CNC(=S)SCCC#N)c1. The number of rotatable bonds is 4. The van der Waals surface area contributed by atoms with Crippen LogP contribution >= 0.6 is 24.0 Å². The van der Waals surface area contributed by atoms with Gasteiger partial charge in [0.2, 0.25) is 0 Å². The van der Waals surface area contributed by atoms with Gasteiger partial charge < -0.3 is 5.32 Å². The van der Waals surface area contributed by atoms with E-state index in [2.05, 4.69) is 22.4 Å². The summed E-state index contributed by atoms with van der Waals surface area (Å²) in [7, 11) is 0. The lowest BCUT2D eigenvalue weighted by Gasteiger charge is -2.06. The molecule has 0 unspecified atom stereocenters. The van der Waals surface area contributed by atoms with Crippen molar-refractivity contribution in [2.75, 3.05) is 5.75 Å². The smallest absolute Gasteiger partial charge is 0.134 e. The zero-order chi connectivity index (χ0) is 11.8. The van der Waals surface area contributed by atoms with Crippen LogP contribution in [-0.2, 0) is 6.54 Å². The third-order valence-electron chi connectivity index (χ3n) is 1.82. The number of nitrogens with one attached hydrogen (secondary N) is 1. The molecule has 1 aromatic heterocycles. The molecule has 84 valence electrons. The monoisotopic (exact) mass is 251 g/mol. The number of hydrogen-bond donors (Lipinski definition) is 1. The van der Waals surface area contributed by atoms with Crippen LogP contribution in [0.5, 0.6) is 0 Å². The molecule has 0 saturated heterocycles. The van der Waals surface area contributed by atoms with E-state index in [1.165, 1.54) is 11.8 Å². The number of nitrogens with zero attached hydrogens (tertiary/aromatic N) is 2. The Hall–Kier alpha value is -1.12. The summed E-state index contributed by atoms with van der Waals surface area (Å²) in [6.45, 7) is 2.70. The number of aryl methyl sites for hydroxylation is 1. The molecule has 0 aliphatic rings.